The average Bonchev–Trinajstić information content (AvgIpc) is 2.05. The molecular weight excluding hydrogens is 152 g/mol. The molecule has 0 atom stereocenters. The van der Waals surface area contributed by atoms with E-state index in [0.29, 0.717) is 0 Å². The fraction of sp³-hybridized carbons (Fsp3) is 0.750. The second kappa shape index (κ2) is 6.64. The van der Waals surface area contributed by atoms with Crippen molar-refractivity contribution in [3.8, 4) is 0 Å². The number of unbranched alkanes of at least 4 members (excludes halogenated alkanes) is 1. The molecule has 0 saturated heterocycles. The van der Waals surface area contributed by atoms with Gasteiger partial charge in [-0.15, -0.1) is 5.10 Å². The van der Waals surface area contributed by atoms with Gasteiger partial charge in [-0.2, -0.15) is 5.10 Å². The molecule has 0 aliphatic carbocycles. The van der Waals surface area contributed by atoms with E-state index in [9.17, 15) is 0 Å². The van der Waals surface area contributed by atoms with Crippen LogP contribution in [0.2, 0.25) is 0 Å². The van der Waals surface area contributed by atoms with Crippen LogP contribution in [0.1, 0.15) is 39.5 Å². The Morgan fingerprint density at radius 2 is 1.83 bits per heavy atom. The maximum absolute atomic E-state index is 5.14. The maximum Gasteiger partial charge on any atom is 0.211 e. The molecule has 0 aliphatic heterocycles. The maximum atomic E-state index is 5.14. The molecule has 0 spiro atoms. The lowest BCUT2D eigenvalue weighted by Crippen LogP contribution is -2.22. The number of guanidine groups is 1. The smallest absolute Gasteiger partial charge is 0.211 e. The van der Waals surface area contributed by atoms with Crippen LogP contribution in [0, 0.1) is 0 Å². The van der Waals surface area contributed by atoms with Crippen LogP contribution < -0.4 is 11.5 Å². The third-order valence-corrected chi connectivity index (χ3v) is 1.53. The van der Waals surface area contributed by atoms with Gasteiger partial charge in [-0.25, -0.2) is 0 Å². The van der Waals surface area contributed by atoms with Gasteiger partial charge in [0, 0.05) is 5.71 Å². The SMILES string of the molecule is CCCCC(CC)=NN=C(N)N. The Kier molecular flexibility index (Phi) is 6.05. The van der Waals surface area contributed by atoms with Crippen molar-refractivity contribution in [3.63, 3.8) is 0 Å². The zero-order valence-electron chi connectivity index (χ0n) is 7.88. The van der Waals surface area contributed by atoms with Gasteiger partial charge in [0.1, 0.15) is 0 Å². The topological polar surface area (TPSA) is 76.8 Å². The van der Waals surface area contributed by atoms with Crippen LogP contribution in [0.25, 0.3) is 0 Å². The van der Waals surface area contributed by atoms with Crippen LogP contribution in [0.15, 0.2) is 10.2 Å². The molecule has 0 rings (SSSR count). The molecule has 0 heterocycles. The molecule has 0 aromatic rings. The van der Waals surface area contributed by atoms with E-state index in [1.807, 2.05) is 0 Å². The van der Waals surface area contributed by atoms with E-state index in [-0.39, 0.29) is 5.96 Å². The Hall–Kier alpha value is -1.06. The number of rotatable bonds is 5. The second-order valence-corrected chi connectivity index (χ2v) is 2.65. The van der Waals surface area contributed by atoms with Gasteiger partial charge in [0.25, 0.3) is 0 Å². The van der Waals surface area contributed by atoms with Crippen molar-refractivity contribution in [2.45, 2.75) is 39.5 Å². The molecule has 4 heteroatoms. The highest BCUT2D eigenvalue weighted by molar-refractivity contribution is 5.85. The Labute approximate surface area is 73.7 Å². The number of hydrogen-bond acceptors (Lipinski definition) is 2. The standard InChI is InChI=1S/C8H18N4/c1-3-5-6-7(4-2)11-12-8(9)10/h3-6H2,1-2H3,(H4,9,10,12). The van der Waals surface area contributed by atoms with Crippen molar-refractivity contribution in [1.29, 1.82) is 0 Å². The van der Waals surface area contributed by atoms with Crippen molar-refractivity contribution in [2.24, 2.45) is 21.7 Å². The number of hydrogen-bond donors (Lipinski definition) is 2. The predicted molar refractivity (Wildman–Crippen MR) is 53.1 cm³/mol. The minimum absolute atomic E-state index is 0.0254. The summed E-state index contributed by atoms with van der Waals surface area (Å²) >= 11 is 0. The lowest BCUT2D eigenvalue weighted by Gasteiger charge is -1.98. The first kappa shape index (κ1) is 10.9. The lowest BCUT2D eigenvalue weighted by atomic mass is 10.1. The van der Waals surface area contributed by atoms with Gasteiger partial charge in [0.15, 0.2) is 0 Å². The fourth-order valence-electron chi connectivity index (χ4n) is 0.807. The molecule has 0 aromatic heterocycles. The minimum atomic E-state index is 0.0254. The highest BCUT2D eigenvalue weighted by Crippen LogP contribution is 2.00. The summed E-state index contributed by atoms with van der Waals surface area (Å²) < 4.78 is 0. The van der Waals surface area contributed by atoms with E-state index in [4.69, 9.17) is 11.5 Å². The fourth-order valence-corrected chi connectivity index (χ4v) is 0.807. The molecule has 4 N–H and O–H groups in total. The molecule has 70 valence electrons. The second-order valence-electron chi connectivity index (χ2n) is 2.65. The zero-order chi connectivity index (χ0) is 9.40. The summed E-state index contributed by atoms with van der Waals surface area (Å²) in [7, 11) is 0. The first-order valence-electron chi connectivity index (χ1n) is 4.35. The van der Waals surface area contributed by atoms with Crippen molar-refractivity contribution < 1.29 is 0 Å². The van der Waals surface area contributed by atoms with Crippen molar-refractivity contribution in [2.75, 3.05) is 0 Å². The summed E-state index contributed by atoms with van der Waals surface area (Å²) in [5.74, 6) is 0.0254. The van der Waals surface area contributed by atoms with Gasteiger partial charge in [-0.3, -0.25) is 0 Å². The Morgan fingerprint density at radius 1 is 1.17 bits per heavy atom. The van der Waals surface area contributed by atoms with Crippen LogP contribution in [-0.2, 0) is 0 Å². The van der Waals surface area contributed by atoms with Gasteiger partial charge in [-0.05, 0) is 19.3 Å². The molecule has 0 bridgehead atoms. The Bertz CT molecular complexity index is 168. The predicted octanol–water partition coefficient (Wildman–Crippen LogP) is 1.22. The van der Waals surface area contributed by atoms with E-state index >= 15 is 0 Å². The Morgan fingerprint density at radius 3 is 2.25 bits per heavy atom. The molecule has 0 unspecified atom stereocenters. The largest absolute Gasteiger partial charge is 0.369 e. The zero-order valence-corrected chi connectivity index (χ0v) is 7.88. The summed E-state index contributed by atoms with van der Waals surface area (Å²) in [6, 6.07) is 0. The summed E-state index contributed by atoms with van der Waals surface area (Å²) in [5.41, 5.74) is 11.3. The summed E-state index contributed by atoms with van der Waals surface area (Å²) in [5, 5.41) is 7.54. The summed E-state index contributed by atoms with van der Waals surface area (Å²) in [6.07, 6.45) is 4.22. The highest BCUT2D eigenvalue weighted by Gasteiger charge is 1.94. The van der Waals surface area contributed by atoms with Crippen LogP contribution >= 0.6 is 0 Å². The third kappa shape index (κ3) is 5.70. The van der Waals surface area contributed by atoms with Crippen LogP contribution in [0.4, 0.5) is 0 Å². The Balaban J connectivity index is 3.95. The molecular formula is C8H18N4. The van der Waals surface area contributed by atoms with E-state index in [1.165, 1.54) is 6.42 Å². The highest BCUT2D eigenvalue weighted by atomic mass is 15.3. The van der Waals surface area contributed by atoms with Gasteiger partial charge >= 0.3 is 0 Å². The first-order chi connectivity index (χ1) is 5.70. The normalized spacial score (nSPS) is 11.3. The molecule has 0 aliphatic rings. The molecule has 0 amide bonds. The molecule has 0 fully saturated rings. The van der Waals surface area contributed by atoms with E-state index in [1.54, 1.807) is 0 Å². The first-order valence-corrected chi connectivity index (χ1v) is 4.35. The molecule has 0 radical (unpaired) electrons. The van der Waals surface area contributed by atoms with Crippen molar-refractivity contribution in [3.05, 3.63) is 0 Å². The van der Waals surface area contributed by atoms with E-state index in [2.05, 4.69) is 24.1 Å². The van der Waals surface area contributed by atoms with Gasteiger partial charge < -0.3 is 11.5 Å². The monoisotopic (exact) mass is 170 g/mol. The number of nitrogens with zero attached hydrogens (tertiary/aromatic N) is 2. The molecule has 0 aromatic carbocycles. The van der Waals surface area contributed by atoms with Gasteiger partial charge in [0.05, 0.1) is 0 Å². The van der Waals surface area contributed by atoms with Gasteiger partial charge in [-0.1, -0.05) is 20.3 Å². The van der Waals surface area contributed by atoms with E-state index in [0.717, 1.165) is 25.0 Å². The van der Waals surface area contributed by atoms with Crippen molar-refractivity contribution in [1.82, 2.24) is 0 Å². The summed E-state index contributed by atoms with van der Waals surface area (Å²) in [4.78, 5) is 0. The van der Waals surface area contributed by atoms with Crippen LogP contribution in [-0.4, -0.2) is 11.7 Å². The van der Waals surface area contributed by atoms with E-state index < -0.39 is 0 Å². The van der Waals surface area contributed by atoms with Crippen LogP contribution in [0.3, 0.4) is 0 Å². The third-order valence-electron chi connectivity index (χ3n) is 1.53. The summed E-state index contributed by atoms with van der Waals surface area (Å²) in [6.45, 7) is 4.20. The van der Waals surface area contributed by atoms with Gasteiger partial charge in [0.2, 0.25) is 5.96 Å². The minimum Gasteiger partial charge on any atom is -0.369 e. The molecule has 12 heavy (non-hydrogen) atoms. The lowest BCUT2D eigenvalue weighted by molar-refractivity contribution is 0.822. The quantitative estimate of drug-likeness (QED) is 0.369. The van der Waals surface area contributed by atoms with Crippen LogP contribution in [0.5, 0.6) is 0 Å². The number of nitrogens with two attached hydrogens (primary N) is 2. The van der Waals surface area contributed by atoms with Crippen molar-refractivity contribution >= 4 is 11.7 Å². The molecule has 4 nitrogen and oxygen atoms in total. The molecule has 0 saturated carbocycles. The average molecular weight is 170 g/mol.